The van der Waals surface area contributed by atoms with E-state index < -0.39 is 0 Å². The first-order chi connectivity index (χ1) is 12.2. The van der Waals surface area contributed by atoms with Crippen LogP contribution in [0.4, 0.5) is 5.82 Å². The van der Waals surface area contributed by atoms with Crippen LogP contribution in [0.1, 0.15) is 42.0 Å². The van der Waals surface area contributed by atoms with Crippen molar-refractivity contribution >= 4 is 17.4 Å². The van der Waals surface area contributed by atoms with Crippen molar-refractivity contribution in [2.45, 2.75) is 25.8 Å². The number of nitrogens with zero attached hydrogens (tertiary/aromatic N) is 5. The van der Waals surface area contributed by atoms with E-state index in [1.165, 1.54) is 0 Å². The Labute approximate surface area is 145 Å². The fourth-order valence-electron chi connectivity index (χ4n) is 3.25. The molecule has 0 saturated carbocycles. The average Bonchev–Trinajstić information content (AvgIpc) is 3.31. The molecule has 1 fully saturated rings. The van der Waals surface area contributed by atoms with E-state index in [1.807, 2.05) is 41.8 Å². The molecule has 7 nitrogen and oxygen atoms in total. The van der Waals surface area contributed by atoms with Gasteiger partial charge in [0.05, 0.1) is 11.6 Å². The molecule has 1 unspecified atom stereocenters. The minimum Gasteiger partial charge on any atom is -0.356 e. The van der Waals surface area contributed by atoms with Gasteiger partial charge in [-0.1, -0.05) is 6.07 Å². The monoisotopic (exact) mass is 336 g/mol. The van der Waals surface area contributed by atoms with Gasteiger partial charge in [-0.2, -0.15) is 0 Å². The van der Waals surface area contributed by atoms with E-state index in [0.29, 0.717) is 11.4 Å². The van der Waals surface area contributed by atoms with E-state index >= 15 is 0 Å². The standard InChI is InChI=1S/C18H20N6O/c1-13(16-22-21-15-8-2-3-12-24(15)16)20-18(25)14-7-6-9-19-17(14)23-10-4-5-11-23/h2-3,6-9,12-13H,4-5,10-11H2,1H3,(H,20,25). The van der Waals surface area contributed by atoms with Gasteiger partial charge in [0.25, 0.3) is 5.91 Å². The third-order valence-corrected chi connectivity index (χ3v) is 4.51. The van der Waals surface area contributed by atoms with Gasteiger partial charge in [0, 0.05) is 25.5 Å². The molecule has 1 aliphatic heterocycles. The second-order valence-electron chi connectivity index (χ2n) is 6.25. The van der Waals surface area contributed by atoms with Gasteiger partial charge in [0.1, 0.15) is 5.82 Å². The highest BCUT2D eigenvalue weighted by Gasteiger charge is 2.23. The Hall–Kier alpha value is -2.96. The van der Waals surface area contributed by atoms with Crippen molar-refractivity contribution in [2.75, 3.05) is 18.0 Å². The zero-order chi connectivity index (χ0) is 17.2. The maximum absolute atomic E-state index is 12.8. The Morgan fingerprint density at radius 1 is 1.16 bits per heavy atom. The first-order valence-electron chi connectivity index (χ1n) is 8.54. The molecule has 128 valence electrons. The summed E-state index contributed by atoms with van der Waals surface area (Å²) < 4.78 is 1.88. The Morgan fingerprint density at radius 2 is 2.00 bits per heavy atom. The molecule has 1 saturated heterocycles. The largest absolute Gasteiger partial charge is 0.356 e. The maximum Gasteiger partial charge on any atom is 0.255 e. The number of fused-ring (bicyclic) bond motifs is 1. The van der Waals surface area contributed by atoms with Gasteiger partial charge in [-0.25, -0.2) is 4.98 Å². The molecule has 1 atom stereocenters. The van der Waals surface area contributed by atoms with E-state index in [0.717, 1.165) is 37.4 Å². The van der Waals surface area contributed by atoms with Crippen LogP contribution in [-0.2, 0) is 0 Å². The van der Waals surface area contributed by atoms with Crippen LogP contribution < -0.4 is 10.2 Å². The van der Waals surface area contributed by atoms with E-state index in [4.69, 9.17) is 0 Å². The zero-order valence-corrected chi connectivity index (χ0v) is 14.1. The summed E-state index contributed by atoms with van der Waals surface area (Å²) in [5.74, 6) is 1.32. The van der Waals surface area contributed by atoms with Crippen LogP contribution in [0.25, 0.3) is 5.65 Å². The number of hydrogen-bond donors (Lipinski definition) is 1. The van der Waals surface area contributed by atoms with E-state index in [-0.39, 0.29) is 11.9 Å². The summed E-state index contributed by atoms with van der Waals surface area (Å²) in [5, 5.41) is 11.4. The van der Waals surface area contributed by atoms with Crippen molar-refractivity contribution < 1.29 is 4.79 Å². The molecule has 25 heavy (non-hydrogen) atoms. The van der Waals surface area contributed by atoms with Crippen molar-refractivity contribution in [3.05, 3.63) is 54.1 Å². The van der Waals surface area contributed by atoms with E-state index in [2.05, 4.69) is 25.4 Å². The average molecular weight is 336 g/mol. The number of amides is 1. The minimum atomic E-state index is -0.267. The molecule has 4 heterocycles. The molecule has 0 aromatic carbocycles. The number of aromatic nitrogens is 4. The molecular formula is C18H20N6O. The third-order valence-electron chi connectivity index (χ3n) is 4.51. The summed E-state index contributed by atoms with van der Waals surface area (Å²) in [6, 6.07) is 9.07. The molecule has 1 aliphatic rings. The van der Waals surface area contributed by atoms with Crippen LogP contribution in [0.5, 0.6) is 0 Å². The summed E-state index contributed by atoms with van der Waals surface area (Å²) in [5.41, 5.74) is 1.36. The lowest BCUT2D eigenvalue weighted by molar-refractivity contribution is 0.0938. The third kappa shape index (κ3) is 2.93. The Bertz CT molecular complexity index is 899. The summed E-state index contributed by atoms with van der Waals surface area (Å²) in [6.07, 6.45) is 5.91. The lowest BCUT2D eigenvalue weighted by Crippen LogP contribution is -2.30. The normalized spacial score (nSPS) is 15.5. The first kappa shape index (κ1) is 15.6. The van der Waals surface area contributed by atoms with Gasteiger partial charge < -0.3 is 10.2 Å². The molecule has 0 radical (unpaired) electrons. The predicted octanol–water partition coefficient (Wildman–Crippen LogP) is 2.22. The topological polar surface area (TPSA) is 75.4 Å². The number of carbonyl (C=O) groups is 1. The van der Waals surface area contributed by atoms with Gasteiger partial charge in [-0.05, 0) is 44.0 Å². The smallest absolute Gasteiger partial charge is 0.255 e. The maximum atomic E-state index is 12.8. The summed E-state index contributed by atoms with van der Waals surface area (Å²) in [7, 11) is 0. The van der Waals surface area contributed by atoms with Crippen LogP contribution in [0, 0.1) is 0 Å². The quantitative estimate of drug-likeness (QED) is 0.790. The lowest BCUT2D eigenvalue weighted by Gasteiger charge is -2.20. The highest BCUT2D eigenvalue weighted by molar-refractivity contribution is 5.99. The summed E-state index contributed by atoms with van der Waals surface area (Å²) in [4.78, 5) is 19.4. The van der Waals surface area contributed by atoms with E-state index in [9.17, 15) is 4.79 Å². The van der Waals surface area contributed by atoms with Gasteiger partial charge in [0.2, 0.25) is 0 Å². The minimum absolute atomic E-state index is 0.143. The number of rotatable bonds is 4. The fourth-order valence-corrected chi connectivity index (χ4v) is 3.25. The number of anilines is 1. The molecule has 7 heteroatoms. The number of pyridine rings is 2. The summed E-state index contributed by atoms with van der Waals surface area (Å²) >= 11 is 0. The highest BCUT2D eigenvalue weighted by atomic mass is 16.1. The molecule has 3 aromatic heterocycles. The Morgan fingerprint density at radius 3 is 2.84 bits per heavy atom. The lowest BCUT2D eigenvalue weighted by atomic mass is 10.2. The molecule has 0 aliphatic carbocycles. The highest BCUT2D eigenvalue weighted by Crippen LogP contribution is 2.22. The van der Waals surface area contributed by atoms with Gasteiger partial charge in [0.15, 0.2) is 11.5 Å². The van der Waals surface area contributed by atoms with Crippen LogP contribution in [0.15, 0.2) is 42.7 Å². The van der Waals surface area contributed by atoms with Gasteiger partial charge in [-0.15, -0.1) is 10.2 Å². The number of hydrogen-bond acceptors (Lipinski definition) is 5. The summed E-state index contributed by atoms with van der Waals surface area (Å²) in [6.45, 7) is 3.80. The van der Waals surface area contributed by atoms with Crippen molar-refractivity contribution in [3.63, 3.8) is 0 Å². The van der Waals surface area contributed by atoms with Crippen LogP contribution >= 0.6 is 0 Å². The Kier molecular flexibility index (Phi) is 4.05. The van der Waals surface area contributed by atoms with Crippen molar-refractivity contribution in [1.82, 2.24) is 24.9 Å². The predicted molar refractivity (Wildman–Crippen MR) is 94.6 cm³/mol. The molecule has 0 spiro atoms. The van der Waals surface area contributed by atoms with Crippen LogP contribution in [0.3, 0.4) is 0 Å². The van der Waals surface area contributed by atoms with Crippen molar-refractivity contribution in [1.29, 1.82) is 0 Å². The second-order valence-corrected chi connectivity index (χ2v) is 6.25. The first-order valence-corrected chi connectivity index (χ1v) is 8.54. The van der Waals surface area contributed by atoms with Crippen molar-refractivity contribution in [3.8, 4) is 0 Å². The molecule has 3 aromatic rings. The fraction of sp³-hybridized carbons (Fsp3) is 0.333. The molecule has 0 bridgehead atoms. The molecular weight excluding hydrogens is 316 g/mol. The molecule has 4 rings (SSSR count). The van der Waals surface area contributed by atoms with Crippen LogP contribution in [-0.4, -0.2) is 38.6 Å². The number of nitrogens with one attached hydrogen (secondary N) is 1. The molecule has 1 N–H and O–H groups in total. The van der Waals surface area contributed by atoms with Crippen molar-refractivity contribution in [2.24, 2.45) is 0 Å². The van der Waals surface area contributed by atoms with E-state index in [1.54, 1.807) is 12.3 Å². The van der Waals surface area contributed by atoms with Gasteiger partial charge >= 0.3 is 0 Å². The Balaban J connectivity index is 1.58. The van der Waals surface area contributed by atoms with Gasteiger partial charge in [-0.3, -0.25) is 9.20 Å². The second kappa shape index (κ2) is 6.51. The zero-order valence-electron chi connectivity index (χ0n) is 14.1. The SMILES string of the molecule is CC(NC(=O)c1cccnc1N1CCCC1)c1nnc2ccccn12. The van der Waals surface area contributed by atoms with Crippen LogP contribution in [0.2, 0.25) is 0 Å². The molecule has 1 amide bonds. The number of carbonyl (C=O) groups excluding carboxylic acids is 1.